The van der Waals surface area contributed by atoms with Crippen LogP contribution >= 0.6 is 0 Å². The number of aromatic nitrogens is 2. The van der Waals surface area contributed by atoms with E-state index in [1.54, 1.807) is 0 Å². The van der Waals surface area contributed by atoms with Gasteiger partial charge in [-0.3, -0.25) is 4.79 Å². The number of methoxy groups -OCH3 is 1. The van der Waals surface area contributed by atoms with Gasteiger partial charge < -0.3 is 19.9 Å². The van der Waals surface area contributed by atoms with Crippen LogP contribution < -0.4 is 5.32 Å². The number of ether oxygens (including phenoxy) is 1. The molecule has 0 radical (unpaired) electrons. The number of carbonyl (C=O) groups excluding carboxylic acids is 2. The first-order valence-electron chi connectivity index (χ1n) is 12.2. The van der Waals surface area contributed by atoms with Crippen LogP contribution in [0.4, 0.5) is 4.79 Å². The van der Waals surface area contributed by atoms with Crippen molar-refractivity contribution in [2.45, 2.75) is 45.2 Å². The summed E-state index contributed by atoms with van der Waals surface area (Å²) >= 11 is 0. The van der Waals surface area contributed by atoms with Crippen molar-refractivity contribution >= 4 is 28.8 Å². The molecule has 5 rings (SSSR count). The minimum absolute atomic E-state index is 0.0654. The summed E-state index contributed by atoms with van der Waals surface area (Å²) in [5.41, 5.74) is 3.24. The van der Waals surface area contributed by atoms with Gasteiger partial charge in [-0.15, -0.1) is 0 Å². The van der Waals surface area contributed by atoms with Crippen molar-refractivity contribution in [3.63, 3.8) is 0 Å². The van der Waals surface area contributed by atoms with Gasteiger partial charge in [0.15, 0.2) is 0 Å². The molecule has 0 bridgehead atoms. The molecule has 182 valence electrons. The highest BCUT2D eigenvalue weighted by Gasteiger charge is 2.55. The number of benzene rings is 2. The molecule has 1 saturated heterocycles. The molecule has 7 nitrogen and oxygen atoms in total. The molecule has 1 aromatic heterocycles. The third-order valence-electron chi connectivity index (χ3n) is 7.46. The summed E-state index contributed by atoms with van der Waals surface area (Å²) < 4.78 is 4.76. The van der Waals surface area contributed by atoms with Crippen molar-refractivity contribution in [2.24, 2.45) is 11.3 Å². The predicted octanol–water partition coefficient (Wildman–Crippen LogP) is 5.31. The maximum absolute atomic E-state index is 13.6. The number of hydrogen-bond acceptors (Lipinski definition) is 4. The lowest BCUT2D eigenvalue weighted by molar-refractivity contribution is -0.135. The van der Waals surface area contributed by atoms with Crippen molar-refractivity contribution in [2.75, 3.05) is 13.7 Å². The standard InChI is InChI=1S/C28H32N4O3/c1-5-18-6-7-20-13-21(9-8-19(20)12-18)22-15-29-25(30-22)23-14-28(10-11-28)16-32(23)26(33)24(17(2)3)31-27(34)35-4/h5-9,12-13,15,17,23-24H,1,10-11,14,16H2,2-4H3,(H,29,30)(H,31,34)/t23-,24-/m0/s1. The zero-order valence-electron chi connectivity index (χ0n) is 20.5. The van der Waals surface area contributed by atoms with Gasteiger partial charge in [-0.25, -0.2) is 9.78 Å². The fraction of sp³-hybridized carbons (Fsp3) is 0.393. The van der Waals surface area contributed by atoms with Crippen molar-refractivity contribution in [1.29, 1.82) is 0 Å². The smallest absolute Gasteiger partial charge is 0.407 e. The average Bonchev–Trinajstić information content (AvgIpc) is 3.27. The fourth-order valence-electron chi connectivity index (χ4n) is 5.16. The second kappa shape index (κ2) is 8.87. The van der Waals surface area contributed by atoms with Crippen LogP contribution in [0.25, 0.3) is 28.1 Å². The third-order valence-corrected chi connectivity index (χ3v) is 7.46. The Balaban J connectivity index is 1.42. The summed E-state index contributed by atoms with van der Waals surface area (Å²) in [5.74, 6) is 0.644. The Kier molecular flexibility index (Phi) is 5.87. The lowest BCUT2D eigenvalue weighted by atomic mass is 10.0. The summed E-state index contributed by atoms with van der Waals surface area (Å²) in [6, 6.07) is 11.8. The molecule has 2 atom stereocenters. The first-order valence-corrected chi connectivity index (χ1v) is 12.2. The highest BCUT2D eigenvalue weighted by Crippen LogP contribution is 2.58. The second-order valence-electron chi connectivity index (χ2n) is 10.3. The zero-order valence-corrected chi connectivity index (χ0v) is 20.5. The predicted molar refractivity (Wildman–Crippen MR) is 137 cm³/mol. The summed E-state index contributed by atoms with van der Waals surface area (Å²) in [4.78, 5) is 35.6. The number of alkyl carbamates (subject to hydrolysis) is 1. The van der Waals surface area contributed by atoms with Crippen LogP contribution in [-0.4, -0.2) is 46.6 Å². The number of H-pyrrole nitrogens is 1. The lowest BCUT2D eigenvalue weighted by Gasteiger charge is -2.30. The normalized spacial score (nSPS) is 19.2. The van der Waals surface area contributed by atoms with E-state index in [9.17, 15) is 9.59 Å². The molecular formula is C28H32N4O3. The SMILES string of the molecule is C=Cc1ccc2cc(-c3cnc([C@@H]4CC5(CC5)CN4C(=O)[C@@H](NC(=O)OC)C(C)C)[nH]3)ccc2c1. The van der Waals surface area contributed by atoms with Crippen molar-refractivity contribution in [1.82, 2.24) is 20.2 Å². The van der Waals surface area contributed by atoms with E-state index >= 15 is 0 Å². The number of nitrogens with zero attached hydrogens (tertiary/aromatic N) is 2. The Hall–Kier alpha value is -3.61. The van der Waals surface area contributed by atoms with Gasteiger partial charge in [0.25, 0.3) is 0 Å². The van der Waals surface area contributed by atoms with Gasteiger partial charge in [0.05, 0.1) is 25.0 Å². The molecule has 2 fully saturated rings. The number of fused-ring (bicyclic) bond motifs is 1. The molecule has 1 spiro atoms. The van der Waals surface area contributed by atoms with Crippen molar-refractivity contribution in [3.8, 4) is 11.3 Å². The lowest BCUT2D eigenvalue weighted by Crippen LogP contribution is -2.51. The molecule has 2 aliphatic rings. The number of nitrogens with one attached hydrogen (secondary N) is 2. The molecule has 35 heavy (non-hydrogen) atoms. The van der Waals surface area contributed by atoms with E-state index in [1.165, 1.54) is 7.11 Å². The minimum atomic E-state index is -0.644. The van der Waals surface area contributed by atoms with E-state index in [-0.39, 0.29) is 23.3 Å². The Bertz CT molecular complexity index is 1290. The molecule has 1 aliphatic carbocycles. The number of rotatable bonds is 6. The van der Waals surface area contributed by atoms with Crippen LogP contribution in [0.15, 0.2) is 49.2 Å². The van der Waals surface area contributed by atoms with Gasteiger partial charge in [0.1, 0.15) is 11.9 Å². The van der Waals surface area contributed by atoms with Gasteiger partial charge >= 0.3 is 6.09 Å². The fourth-order valence-corrected chi connectivity index (χ4v) is 5.16. The molecule has 7 heteroatoms. The quantitative estimate of drug-likeness (QED) is 0.509. The van der Waals surface area contributed by atoms with Crippen LogP contribution in [0, 0.1) is 11.3 Å². The molecule has 1 aliphatic heterocycles. The number of hydrogen-bond donors (Lipinski definition) is 2. The van der Waals surface area contributed by atoms with E-state index in [1.807, 2.05) is 31.0 Å². The highest BCUT2D eigenvalue weighted by molar-refractivity contribution is 5.89. The molecule has 2 aromatic carbocycles. The molecule has 2 heterocycles. The molecule has 0 unspecified atom stereocenters. The molecule has 1 saturated carbocycles. The Morgan fingerprint density at radius 1 is 1.23 bits per heavy atom. The largest absolute Gasteiger partial charge is 0.453 e. The maximum Gasteiger partial charge on any atom is 0.407 e. The van der Waals surface area contributed by atoms with Gasteiger partial charge in [-0.05, 0) is 59.1 Å². The number of amides is 2. The first kappa shape index (κ1) is 23.1. The van der Waals surface area contributed by atoms with Gasteiger partial charge in [-0.1, -0.05) is 50.8 Å². The summed E-state index contributed by atoms with van der Waals surface area (Å²) in [6.45, 7) is 8.40. The summed E-state index contributed by atoms with van der Waals surface area (Å²) in [7, 11) is 1.31. The third kappa shape index (κ3) is 4.43. The van der Waals surface area contributed by atoms with Crippen LogP contribution in [0.3, 0.4) is 0 Å². The van der Waals surface area contributed by atoms with E-state index < -0.39 is 12.1 Å². The summed E-state index contributed by atoms with van der Waals surface area (Å²) in [5, 5.41) is 5.03. The Morgan fingerprint density at radius 3 is 2.66 bits per heavy atom. The first-order chi connectivity index (χ1) is 16.8. The van der Waals surface area contributed by atoms with Crippen LogP contribution in [0.5, 0.6) is 0 Å². The number of carbonyl (C=O) groups is 2. The van der Waals surface area contributed by atoms with Gasteiger partial charge in [-0.2, -0.15) is 0 Å². The van der Waals surface area contributed by atoms with Crippen LogP contribution in [0.1, 0.15) is 50.5 Å². The Labute approximate surface area is 205 Å². The monoisotopic (exact) mass is 472 g/mol. The summed E-state index contributed by atoms with van der Waals surface area (Å²) in [6.07, 6.45) is 6.23. The number of imidazole rings is 1. The van der Waals surface area contributed by atoms with Gasteiger partial charge in [0, 0.05) is 12.1 Å². The molecular weight excluding hydrogens is 440 g/mol. The highest BCUT2D eigenvalue weighted by atomic mass is 16.5. The van der Waals surface area contributed by atoms with E-state index in [0.717, 1.165) is 52.7 Å². The van der Waals surface area contributed by atoms with Crippen molar-refractivity contribution in [3.05, 3.63) is 60.6 Å². The van der Waals surface area contributed by atoms with E-state index in [0.29, 0.717) is 6.54 Å². The average molecular weight is 473 g/mol. The zero-order chi connectivity index (χ0) is 24.7. The molecule has 2 N–H and O–H groups in total. The molecule has 2 amide bonds. The molecule has 3 aromatic rings. The minimum Gasteiger partial charge on any atom is -0.453 e. The van der Waals surface area contributed by atoms with Gasteiger partial charge in [0.2, 0.25) is 5.91 Å². The number of aromatic amines is 1. The topological polar surface area (TPSA) is 87.3 Å². The van der Waals surface area contributed by atoms with Crippen LogP contribution in [-0.2, 0) is 9.53 Å². The number of likely N-dealkylation sites (tertiary alicyclic amines) is 1. The second-order valence-corrected chi connectivity index (χ2v) is 10.3. The Morgan fingerprint density at radius 2 is 1.97 bits per heavy atom. The van der Waals surface area contributed by atoms with Crippen molar-refractivity contribution < 1.29 is 14.3 Å². The van der Waals surface area contributed by atoms with E-state index in [2.05, 4.69) is 53.3 Å². The van der Waals surface area contributed by atoms with E-state index in [4.69, 9.17) is 9.72 Å². The maximum atomic E-state index is 13.6. The van der Waals surface area contributed by atoms with Crippen LogP contribution in [0.2, 0.25) is 0 Å².